The maximum absolute atomic E-state index is 2.29. The monoisotopic (exact) mass is 177 g/mol. The van der Waals surface area contributed by atoms with Crippen LogP contribution in [-0.4, -0.2) is 25.5 Å². The fraction of sp³-hybridized carbons (Fsp3) is 0.500. The molecule has 0 N–H and O–H groups in total. The third-order valence-electron chi connectivity index (χ3n) is 2.38. The lowest BCUT2D eigenvalue weighted by molar-refractivity contribution is 0.386. The first kappa shape index (κ1) is 10.3. The van der Waals surface area contributed by atoms with Crippen LogP contribution in [0.15, 0.2) is 30.3 Å². The molecule has 0 saturated heterocycles. The van der Waals surface area contributed by atoms with Gasteiger partial charge in [-0.1, -0.05) is 37.3 Å². The SMILES string of the molecule is CC(CCN(C)C)c1ccccc1. The van der Waals surface area contributed by atoms with Gasteiger partial charge in [0.05, 0.1) is 0 Å². The zero-order valence-electron chi connectivity index (χ0n) is 8.83. The van der Waals surface area contributed by atoms with Gasteiger partial charge in [-0.25, -0.2) is 0 Å². The summed E-state index contributed by atoms with van der Waals surface area (Å²) < 4.78 is 0. The summed E-state index contributed by atoms with van der Waals surface area (Å²) in [6, 6.07) is 10.7. The van der Waals surface area contributed by atoms with Crippen LogP contribution >= 0.6 is 0 Å². The molecule has 0 fully saturated rings. The largest absolute Gasteiger partial charge is 0.309 e. The molecule has 0 bridgehead atoms. The molecular weight excluding hydrogens is 158 g/mol. The van der Waals surface area contributed by atoms with Crippen LogP contribution in [0.25, 0.3) is 0 Å². The Labute approximate surface area is 81.4 Å². The summed E-state index contributed by atoms with van der Waals surface area (Å²) in [4.78, 5) is 2.24. The highest BCUT2D eigenvalue weighted by Crippen LogP contribution is 2.17. The molecule has 1 rings (SSSR count). The van der Waals surface area contributed by atoms with E-state index in [4.69, 9.17) is 0 Å². The second-order valence-electron chi connectivity index (χ2n) is 3.90. The molecule has 0 saturated carbocycles. The number of hydrogen-bond donors (Lipinski definition) is 0. The van der Waals surface area contributed by atoms with Gasteiger partial charge in [0, 0.05) is 0 Å². The lowest BCUT2D eigenvalue weighted by atomic mass is 9.98. The molecular formula is C12H19N. The zero-order chi connectivity index (χ0) is 9.68. The summed E-state index contributed by atoms with van der Waals surface area (Å²) in [6.07, 6.45) is 1.23. The van der Waals surface area contributed by atoms with Crippen LogP contribution in [-0.2, 0) is 0 Å². The Kier molecular flexibility index (Phi) is 3.97. The number of nitrogens with zero attached hydrogens (tertiary/aromatic N) is 1. The molecule has 1 unspecified atom stereocenters. The highest BCUT2D eigenvalue weighted by molar-refractivity contribution is 5.18. The van der Waals surface area contributed by atoms with Gasteiger partial charge in [-0.15, -0.1) is 0 Å². The van der Waals surface area contributed by atoms with Crippen molar-refractivity contribution < 1.29 is 0 Å². The van der Waals surface area contributed by atoms with E-state index in [9.17, 15) is 0 Å². The van der Waals surface area contributed by atoms with Crippen molar-refractivity contribution in [2.45, 2.75) is 19.3 Å². The van der Waals surface area contributed by atoms with Crippen LogP contribution in [0.2, 0.25) is 0 Å². The molecule has 1 aromatic carbocycles. The third-order valence-corrected chi connectivity index (χ3v) is 2.38. The number of rotatable bonds is 4. The maximum atomic E-state index is 2.29. The lowest BCUT2D eigenvalue weighted by Crippen LogP contribution is -2.14. The number of benzene rings is 1. The minimum atomic E-state index is 0.670. The van der Waals surface area contributed by atoms with Gasteiger partial charge in [0.25, 0.3) is 0 Å². The van der Waals surface area contributed by atoms with Crippen molar-refractivity contribution in [1.29, 1.82) is 0 Å². The van der Waals surface area contributed by atoms with E-state index in [-0.39, 0.29) is 0 Å². The highest BCUT2D eigenvalue weighted by Gasteiger charge is 2.04. The molecule has 1 aromatic rings. The third kappa shape index (κ3) is 3.60. The average Bonchev–Trinajstić information content (AvgIpc) is 2.15. The average molecular weight is 177 g/mol. The van der Waals surface area contributed by atoms with Gasteiger partial charge < -0.3 is 4.90 Å². The summed E-state index contributed by atoms with van der Waals surface area (Å²) in [5.41, 5.74) is 1.45. The molecule has 0 radical (unpaired) electrons. The summed E-state index contributed by atoms with van der Waals surface area (Å²) in [5, 5.41) is 0. The molecule has 0 heterocycles. The predicted molar refractivity (Wildman–Crippen MR) is 58.0 cm³/mol. The van der Waals surface area contributed by atoms with E-state index in [1.165, 1.54) is 12.0 Å². The van der Waals surface area contributed by atoms with Gasteiger partial charge >= 0.3 is 0 Å². The normalized spacial score (nSPS) is 13.2. The Bertz CT molecular complexity index is 228. The molecule has 1 heteroatoms. The standard InChI is InChI=1S/C12H19N/c1-11(9-10-13(2)3)12-7-5-4-6-8-12/h4-8,11H,9-10H2,1-3H3. The van der Waals surface area contributed by atoms with Crippen LogP contribution in [0.3, 0.4) is 0 Å². The van der Waals surface area contributed by atoms with E-state index < -0.39 is 0 Å². The van der Waals surface area contributed by atoms with Crippen molar-refractivity contribution in [2.24, 2.45) is 0 Å². The summed E-state index contributed by atoms with van der Waals surface area (Å²) >= 11 is 0. The highest BCUT2D eigenvalue weighted by atomic mass is 15.0. The molecule has 0 spiro atoms. The van der Waals surface area contributed by atoms with E-state index in [0.29, 0.717) is 5.92 Å². The van der Waals surface area contributed by atoms with Gasteiger partial charge in [-0.2, -0.15) is 0 Å². The van der Waals surface area contributed by atoms with Crippen LogP contribution in [0.1, 0.15) is 24.8 Å². The summed E-state index contributed by atoms with van der Waals surface area (Å²) in [5.74, 6) is 0.670. The second-order valence-corrected chi connectivity index (χ2v) is 3.90. The molecule has 13 heavy (non-hydrogen) atoms. The predicted octanol–water partition coefficient (Wildman–Crippen LogP) is 2.74. The lowest BCUT2D eigenvalue weighted by Gasteiger charge is -2.15. The molecule has 1 nitrogen and oxygen atoms in total. The Morgan fingerprint density at radius 1 is 1.15 bits per heavy atom. The van der Waals surface area contributed by atoms with Gasteiger partial charge in [0.2, 0.25) is 0 Å². The number of hydrogen-bond acceptors (Lipinski definition) is 1. The molecule has 1 atom stereocenters. The zero-order valence-corrected chi connectivity index (χ0v) is 8.83. The van der Waals surface area contributed by atoms with Crippen LogP contribution in [0.4, 0.5) is 0 Å². The summed E-state index contributed by atoms with van der Waals surface area (Å²) in [7, 11) is 4.25. The summed E-state index contributed by atoms with van der Waals surface area (Å²) in [6.45, 7) is 3.45. The van der Waals surface area contributed by atoms with Gasteiger partial charge in [-0.05, 0) is 38.5 Å². The minimum Gasteiger partial charge on any atom is -0.309 e. The fourth-order valence-electron chi connectivity index (χ4n) is 1.40. The molecule has 0 aliphatic rings. The van der Waals surface area contributed by atoms with E-state index in [1.807, 2.05) is 0 Å². The Morgan fingerprint density at radius 2 is 1.77 bits per heavy atom. The van der Waals surface area contributed by atoms with E-state index in [0.717, 1.165) is 6.54 Å². The Balaban J connectivity index is 2.44. The maximum Gasteiger partial charge on any atom is -0.00191 e. The van der Waals surface area contributed by atoms with Crippen molar-refractivity contribution >= 4 is 0 Å². The van der Waals surface area contributed by atoms with Crippen LogP contribution in [0, 0.1) is 0 Å². The molecule has 0 aliphatic carbocycles. The van der Waals surface area contributed by atoms with Crippen molar-refractivity contribution in [3.63, 3.8) is 0 Å². The molecule has 72 valence electrons. The first-order valence-corrected chi connectivity index (χ1v) is 4.90. The van der Waals surface area contributed by atoms with Gasteiger partial charge in [-0.3, -0.25) is 0 Å². The van der Waals surface area contributed by atoms with E-state index >= 15 is 0 Å². The molecule has 0 aromatic heterocycles. The van der Waals surface area contributed by atoms with E-state index in [1.54, 1.807) is 0 Å². The topological polar surface area (TPSA) is 3.24 Å². The molecule has 0 aliphatic heterocycles. The second kappa shape index (κ2) is 5.03. The van der Waals surface area contributed by atoms with Crippen LogP contribution < -0.4 is 0 Å². The van der Waals surface area contributed by atoms with Crippen molar-refractivity contribution in [3.8, 4) is 0 Å². The quantitative estimate of drug-likeness (QED) is 0.683. The van der Waals surface area contributed by atoms with Gasteiger partial charge in [0.15, 0.2) is 0 Å². The van der Waals surface area contributed by atoms with Crippen molar-refractivity contribution in [3.05, 3.63) is 35.9 Å². The minimum absolute atomic E-state index is 0.670. The first-order valence-electron chi connectivity index (χ1n) is 4.90. The molecule has 0 amide bonds. The van der Waals surface area contributed by atoms with E-state index in [2.05, 4.69) is 56.3 Å². The van der Waals surface area contributed by atoms with Gasteiger partial charge in [0.1, 0.15) is 0 Å². The fourth-order valence-corrected chi connectivity index (χ4v) is 1.40. The first-order chi connectivity index (χ1) is 6.20. The van der Waals surface area contributed by atoms with Crippen molar-refractivity contribution in [2.75, 3.05) is 20.6 Å². The Morgan fingerprint density at radius 3 is 2.31 bits per heavy atom. The van der Waals surface area contributed by atoms with Crippen molar-refractivity contribution in [1.82, 2.24) is 4.90 Å². The smallest absolute Gasteiger partial charge is 0.00191 e. The van der Waals surface area contributed by atoms with Crippen LogP contribution in [0.5, 0.6) is 0 Å². The Hall–Kier alpha value is -0.820.